The minimum absolute atomic E-state index is 0.225. The third-order valence-corrected chi connectivity index (χ3v) is 3.73. The van der Waals surface area contributed by atoms with E-state index in [-0.39, 0.29) is 12.5 Å². The molecule has 0 aliphatic heterocycles. The average Bonchev–Trinajstić information content (AvgIpc) is 2.59. The fourth-order valence-corrected chi connectivity index (χ4v) is 2.52. The van der Waals surface area contributed by atoms with Crippen LogP contribution in [-0.4, -0.2) is 25.5 Å². The first kappa shape index (κ1) is 18.3. The van der Waals surface area contributed by atoms with Crippen molar-refractivity contribution in [2.75, 3.05) is 23.9 Å². The molecule has 0 heterocycles. The van der Waals surface area contributed by atoms with Crippen LogP contribution in [0.25, 0.3) is 0 Å². The van der Waals surface area contributed by atoms with Gasteiger partial charge in [-0.15, -0.1) is 0 Å². The first-order chi connectivity index (χ1) is 12.0. The molecular formula is C18H16ClN3O3. The predicted molar refractivity (Wildman–Crippen MR) is 95.8 cm³/mol. The van der Waals surface area contributed by atoms with Gasteiger partial charge >= 0.3 is 0 Å². The van der Waals surface area contributed by atoms with Crippen molar-refractivity contribution in [1.29, 1.82) is 5.26 Å². The van der Waals surface area contributed by atoms with E-state index in [4.69, 9.17) is 16.3 Å². The van der Waals surface area contributed by atoms with Gasteiger partial charge in [0.05, 0.1) is 23.4 Å². The van der Waals surface area contributed by atoms with Crippen LogP contribution in [0.4, 0.5) is 11.4 Å². The Balaban J connectivity index is 2.17. The maximum absolute atomic E-state index is 12.3. The highest BCUT2D eigenvalue weighted by Gasteiger charge is 2.19. The van der Waals surface area contributed by atoms with Crippen LogP contribution in [-0.2, 0) is 9.59 Å². The van der Waals surface area contributed by atoms with Crippen molar-refractivity contribution >= 4 is 34.8 Å². The number of carbonyl (C=O) groups excluding carboxylic acids is 2. The van der Waals surface area contributed by atoms with Gasteiger partial charge in [0.2, 0.25) is 11.8 Å². The van der Waals surface area contributed by atoms with Gasteiger partial charge in [0.15, 0.2) is 0 Å². The molecule has 0 radical (unpaired) electrons. The molecule has 25 heavy (non-hydrogen) atoms. The first-order valence-electron chi connectivity index (χ1n) is 7.37. The van der Waals surface area contributed by atoms with Crippen LogP contribution in [0.3, 0.4) is 0 Å². The molecule has 0 unspecified atom stereocenters. The SMILES string of the molecule is COc1ccc(NC(=O)CN(C(C)=O)c2ccccc2C#N)cc1Cl. The van der Waals surface area contributed by atoms with Crippen LogP contribution >= 0.6 is 11.6 Å². The molecule has 2 aromatic carbocycles. The van der Waals surface area contributed by atoms with E-state index >= 15 is 0 Å². The van der Waals surface area contributed by atoms with Crippen LogP contribution in [0.1, 0.15) is 12.5 Å². The molecule has 2 amide bonds. The summed E-state index contributed by atoms with van der Waals surface area (Å²) in [7, 11) is 1.50. The molecule has 0 aromatic heterocycles. The Morgan fingerprint density at radius 2 is 2.00 bits per heavy atom. The van der Waals surface area contributed by atoms with Crippen LogP contribution in [0.5, 0.6) is 5.75 Å². The van der Waals surface area contributed by atoms with Crippen molar-refractivity contribution in [3.8, 4) is 11.8 Å². The van der Waals surface area contributed by atoms with Crippen molar-refractivity contribution in [2.24, 2.45) is 0 Å². The van der Waals surface area contributed by atoms with Gasteiger partial charge in [-0.2, -0.15) is 5.26 Å². The summed E-state index contributed by atoms with van der Waals surface area (Å²) in [5.41, 5.74) is 1.19. The van der Waals surface area contributed by atoms with Crippen molar-refractivity contribution in [3.05, 3.63) is 53.1 Å². The molecular weight excluding hydrogens is 342 g/mol. The van der Waals surface area contributed by atoms with Gasteiger partial charge in [0, 0.05) is 12.6 Å². The fraction of sp³-hybridized carbons (Fsp3) is 0.167. The maximum atomic E-state index is 12.3. The Morgan fingerprint density at radius 3 is 2.60 bits per heavy atom. The second-order valence-electron chi connectivity index (χ2n) is 5.13. The molecule has 0 saturated carbocycles. The number of nitrogens with one attached hydrogen (secondary N) is 1. The van der Waals surface area contributed by atoms with Gasteiger partial charge in [-0.3, -0.25) is 9.59 Å². The van der Waals surface area contributed by atoms with E-state index in [0.717, 1.165) is 0 Å². The number of amides is 2. The quantitative estimate of drug-likeness (QED) is 0.890. The number of benzene rings is 2. The van der Waals surface area contributed by atoms with E-state index in [1.54, 1.807) is 42.5 Å². The summed E-state index contributed by atoms with van der Waals surface area (Å²) in [4.78, 5) is 25.5. The Kier molecular flexibility index (Phi) is 5.98. The highest BCUT2D eigenvalue weighted by Crippen LogP contribution is 2.27. The van der Waals surface area contributed by atoms with Gasteiger partial charge in [0.1, 0.15) is 18.4 Å². The summed E-state index contributed by atoms with van der Waals surface area (Å²) in [5, 5.41) is 12.2. The van der Waals surface area contributed by atoms with E-state index < -0.39 is 5.91 Å². The molecule has 128 valence electrons. The normalized spacial score (nSPS) is 9.84. The number of hydrogen-bond acceptors (Lipinski definition) is 4. The molecule has 6 nitrogen and oxygen atoms in total. The molecule has 0 atom stereocenters. The number of nitrogens with zero attached hydrogens (tertiary/aromatic N) is 2. The van der Waals surface area contributed by atoms with Crippen molar-refractivity contribution in [1.82, 2.24) is 0 Å². The highest BCUT2D eigenvalue weighted by molar-refractivity contribution is 6.32. The van der Waals surface area contributed by atoms with Gasteiger partial charge in [-0.25, -0.2) is 0 Å². The minimum atomic E-state index is -0.413. The standard InChI is InChI=1S/C18H16ClN3O3/c1-12(23)22(16-6-4-3-5-13(16)10-20)11-18(24)21-14-7-8-17(25-2)15(19)9-14/h3-9H,11H2,1-2H3,(H,21,24). The lowest BCUT2D eigenvalue weighted by atomic mass is 10.1. The van der Waals surface area contributed by atoms with E-state index in [1.165, 1.54) is 18.9 Å². The predicted octanol–water partition coefficient (Wildman–Crippen LogP) is 3.21. The van der Waals surface area contributed by atoms with Crippen molar-refractivity contribution < 1.29 is 14.3 Å². The Hall–Kier alpha value is -3.04. The number of methoxy groups -OCH3 is 1. The van der Waals surface area contributed by atoms with Gasteiger partial charge in [-0.05, 0) is 30.3 Å². The second kappa shape index (κ2) is 8.18. The summed E-state index contributed by atoms with van der Waals surface area (Å²) in [6.07, 6.45) is 0. The lowest BCUT2D eigenvalue weighted by molar-refractivity contribution is -0.120. The van der Waals surface area contributed by atoms with Gasteiger partial charge < -0.3 is 15.0 Å². The smallest absolute Gasteiger partial charge is 0.244 e. The maximum Gasteiger partial charge on any atom is 0.244 e. The number of nitriles is 1. The number of rotatable bonds is 5. The van der Waals surface area contributed by atoms with Crippen LogP contribution < -0.4 is 15.0 Å². The minimum Gasteiger partial charge on any atom is -0.495 e. The first-order valence-corrected chi connectivity index (χ1v) is 7.74. The zero-order chi connectivity index (χ0) is 18.4. The molecule has 0 fully saturated rings. The third kappa shape index (κ3) is 4.49. The largest absolute Gasteiger partial charge is 0.495 e. The molecule has 2 aromatic rings. The number of carbonyl (C=O) groups is 2. The number of hydrogen-bond donors (Lipinski definition) is 1. The van der Waals surface area contributed by atoms with Crippen LogP contribution in [0, 0.1) is 11.3 Å². The zero-order valence-corrected chi connectivity index (χ0v) is 14.5. The Morgan fingerprint density at radius 1 is 1.28 bits per heavy atom. The van der Waals surface area contributed by atoms with Crippen LogP contribution in [0.2, 0.25) is 5.02 Å². The Labute approximate surface area is 150 Å². The molecule has 1 N–H and O–H groups in total. The van der Waals surface area contributed by atoms with Gasteiger partial charge in [-0.1, -0.05) is 23.7 Å². The molecule has 0 saturated heterocycles. The van der Waals surface area contributed by atoms with Crippen molar-refractivity contribution in [3.63, 3.8) is 0 Å². The fourth-order valence-electron chi connectivity index (χ4n) is 2.26. The molecule has 0 aliphatic carbocycles. The monoisotopic (exact) mass is 357 g/mol. The van der Waals surface area contributed by atoms with Gasteiger partial charge in [0.25, 0.3) is 0 Å². The lowest BCUT2D eigenvalue weighted by Crippen LogP contribution is -2.37. The highest BCUT2D eigenvalue weighted by atomic mass is 35.5. The number of anilines is 2. The number of ether oxygens (including phenoxy) is 1. The molecule has 0 bridgehead atoms. The summed E-state index contributed by atoms with van der Waals surface area (Å²) in [6, 6.07) is 13.5. The summed E-state index contributed by atoms with van der Waals surface area (Å²) in [5.74, 6) is -0.261. The van der Waals surface area contributed by atoms with E-state index in [9.17, 15) is 14.9 Å². The Bertz CT molecular complexity index is 846. The van der Waals surface area contributed by atoms with E-state index in [1.807, 2.05) is 6.07 Å². The average molecular weight is 358 g/mol. The van der Waals surface area contributed by atoms with E-state index in [2.05, 4.69) is 5.32 Å². The molecule has 2 rings (SSSR count). The zero-order valence-electron chi connectivity index (χ0n) is 13.7. The molecule has 0 spiro atoms. The summed E-state index contributed by atoms with van der Waals surface area (Å²) < 4.78 is 5.06. The summed E-state index contributed by atoms with van der Waals surface area (Å²) in [6.45, 7) is 1.11. The molecule has 0 aliphatic rings. The second-order valence-corrected chi connectivity index (χ2v) is 5.54. The lowest BCUT2D eigenvalue weighted by Gasteiger charge is -2.21. The third-order valence-electron chi connectivity index (χ3n) is 3.43. The van der Waals surface area contributed by atoms with Crippen molar-refractivity contribution in [2.45, 2.75) is 6.92 Å². The van der Waals surface area contributed by atoms with E-state index in [0.29, 0.717) is 27.7 Å². The number of halogens is 1. The number of para-hydroxylation sites is 1. The summed E-state index contributed by atoms with van der Waals surface area (Å²) >= 11 is 6.03. The van der Waals surface area contributed by atoms with Crippen LogP contribution in [0.15, 0.2) is 42.5 Å². The topological polar surface area (TPSA) is 82.4 Å². The molecule has 7 heteroatoms.